The number of ether oxygens (including phenoxy) is 1. The molecule has 0 heterocycles. The van der Waals surface area contributed by atoms with Crippen LogP contribution in [0.4, 0.5) is 4.39 Å². The number of benzene rings is 1. The van der Waals surface area contributed by atoms with Crippen LogP contribution in [0.3, 0.4) is 0 Å². The van der Waals surface area contributed by atoms with Gasteiger partial charge in [-0.3, -0.25) is 0 Å². The number of aliphatic hydroxyl groups is 1. The number of aliphatic hydroxyl groups excluding tert-OH is 1. The van der Waals surface area contributed by atoms with Crippen LogP contribution in [0.25, 0.3) is 0 Å². The number of esters is 1. The van der Waals surface area contributed by atoms with E-state index in [1.807, 2.05) is 0 Å². The van der Waals surface area contributed by atoms with Gasteiger partial charge in [0.25, 0.3) is 0 Å². The fourth-order valence-electron chi connectivity index (χ4n) is 1.23. The van der Waals surface area contributed by atoms with Gasteiger partial charge in [-0.15, -0.1) is 0 Å². The fourth-order valence-corrected chi connectivity index (χ4v) is 1.23. The molecule has 1 aromatic carbocycles. The zero-order chi connectivity index (χ0) is 12.1. The topological polar surface area (TPSA) is 70.3 Å². The molecule has 0 spiro atoms. The van der Waals surface area contributed by atoms with Gasteiger partial charge < -0.3 is 9.84 Å². The Morgan fingerprint density at radius 3 is 2.81 bits per heavy atom. The lowest BCUT2D eigenvalue weighted by Gasteiger charge is -2.06. The van der Waals surface area contributed by atoms with Crippen molar-refractivity contribution in [3.8, 4) is 6.07 Å². The molecule has 4 nitrogen and oxygen atoms in total. The van der Waals surface area contributed by atoms with E-state index in [1.165, 1.54) is 6.07 Å². The number of nitrogens with zero attached hydrogens (tertiary/aromatic N) is 1. The minimum atomic E-state index is -0.787. The molecule has 1 rings (SSSR count). The first-order valence-corrected chi connectivity index (χ1v) is 4.64. The molecule has 0 radical (unpaired) electrons. The Labute approximate surface area is 91.9 Å². The van der Waals surface area contributed by atoms with E-state index < -0.39 is 18.4 Å². The lowest BCUT2D eigenvalue weighted by Crippen LogP contribution is -2.07. The Balaban J connectivity index is 3.21. The monoisotopic (exact) mass is 223 g/mol. The normalized spacial score (nSPS) is 9.62. The molecule has 0 aliphatic rings. The maximum atomic E-state index is 13.4. The highest BCUT2D eigenvalue weighted by Crippen LogP contribution is 2.17. The molecule has 16 heavy (non-hydrogen) atoms. The maximum absolute atomic E-state index is 13.4. The van der Waals surface area contributed by atoms with Crippen LogP contribution >= 0.6 is 0 Å². The van der Waals surface area contributed by atoms with E-state index in [2.05, 4.69) is 4.74 Å². The Morgan fingerprint density at radius 1 is 1.62 bits per heavy atom. The zero-order valence-electron chi connectivity index (χ0n) is 8.66. The molecular weight excluding hydrogens is 213 g/mol. The van der Waals surface area contributed by atoms with Gasteiger partial charge >= 0.3 is 5.97 Å². The van der Waals surface area contributed by atoms with Gasteiger partial charge in [0.2, 0.25) is 0 Å². The number of hydrogen-bond acceptors (Lipinski definition) is 4. The van der Waals surface area contributed by atoms with Crippen molar-refractivity contribution in [3.63, 3.8) is 0 Å². The third-order valence-corrected chi connectivity index (χ3v) is 1.99. The van der Waals surface area contributed by atoms with Gasteiger partial charge in [-0.25, -0.2) is 9.18 Å². The fraction of sp³-hybridized carbons (Fsp3) is 0.273. The maximum Gasteiger partial charge on any atom is 0.338 e. The van der Waals surface area contributed by atoms with Crippen LogP contribution in [0.5, 0.6) is 0 Å². The number of carbonyl (C=O) groups excluding carboxylic acids is 1. The molecule has 1 aromatic rings. The summed E-state index contributed by atoms with van der Waals surface area (Å²) in [6, 6.07) is 3.87. The van der Waals surface area contributed by atoms with Crippen LogP contribution in [-0.2, 0) is 11.3 Å². The van der Waals surface area contributed by atoms with E-state index in [9.17, 15) is 9.18 Å². The number of hydrogen-bond donors (Lipinski definition) is 1. The lowest BCUT2D eigenvalue weighted by atomic mass is 10.0. The molecule has 0 unspecified atom stereocenters. The SMILES string of the molecule is CCOC(=O)c1cc(F)c(CO)c(C#N)c1. The summed E-state index contributed by atoms with van der Waals surface area (Å²) < 4.78 is 18.1. The largest absolute Gasteiger partial charge is 0.462 e. The van der Waals surface area contributed by atoms with Crippen molar-refractivity contribution < 1.29 is 19.0 Å². The number of carbonyl (C=O) groups is 1. The third-order valence-electron chi connectivity index (χ3n) is 1.99. The van der Waals surface area contributed by atoms with Crippen molar-refractivity contribution in [3.05, 3.63) is 34.6 Å². The smallest absolute Gasteiger partial charge is 0.338 e. The average molecular weight is 223 g/mol. The quantitative estimate of drug-likeness (QED) is 0.785. The Hall–Kier alpha value is -1.93. The number of halogens is 1. The molecule has 84 valence electrons. The molecule has 1 N–H and O–H groups in total. The minimum Gasteiger partial charge on any atom is -0.462 e. The molecule has 0 aliphatic carbocycles. The van der Waals surface area contributed by atoms with Gasteiger partial charge in [0, 0.05) is 5.56 Å². The van der Waals surface area contributed by atoms with Crippen LogP contribution in [0.15, 0.2) is 12.1 Å². The number of nitriles is 1. The van der Waals surface area contributed by atoms with Gasteiger partial charge in [-0.2, -0.15) is 5.26 Å². The first-order valence-electron chi connectivity index (χ1n) is 4.64. The standard InChI is InChI=1S/C11H10FNO3/c1-2-16-11(15)7-3-8(5-13)9(6-14)10(12)4-7/h3-4,14H,2,6H2,1H3. The second kappa shape index (κ2) is 5.24. The summed E-state index contributed by atoms with van der Waals surface area (Å²) in [7, 11) is 0. The van der Waals surface area contributed by atoms with Crippen LogP contribution in [0.2, 0.25) is 0 Å². The number of rotatable bonds is 3. The summed E-state index contributed by atoms with van der Waals surface area (Å²) in [6.07, 6.45) is 0. The highest BCUT2D eigenvalue weighted by molar-refractivity contribution is 5.90. The molecule has 0 aliphatic heterocycles. The first kappa shape index (κ1) is 12.1. The van der Waals surface area contributed by atoms with E-state index in [-0.39, 0.29) is 23.3 Å². The van der Waals surface area contributed by atoms with E-state index in [1.54, 1.807) is 13.0 Å². The van der Waals surface area contributed by atoms with Crippen molar-refractivity contribution >= 4 is 5.97 Å². The first-order chi connectivity index (χ1) is 7.63. The van der Waals surface area contributed by atoms with Crippen molar-refractivity contribution in [1.29, 1.82) is 5.26 Å². The molecule has 0 aromatic heterocycles. The van der Waals surface area contributed by atoms with E-state index in [4.69, 9.17) is 10.4 Å². The second-order valence-electron chi connectivity index (χ2n) is 2.97. The predicted octanol–water partition coefficient (Wildman–Crippen LogP) is 1.37. The Kier molecular flexibility index (Phi) is 3.97. The molecular formula is C11H10FNO3. The van der Waals surface area contributed by atoms with Crippen LogP contribution in [-0.4, -0.2) is 17.7 Å². The summed E-state index contributed by atoms with van der Waals surface area (Å²) in [5.74, 6) is -1.48. The highest BCUT2D eigenvalue weighted by Gasteiger charge is 2.14. The van der Waals surface area contributed by atoms with Gasteiger partial charge in [0.05, 0.1) is 30.4 Å². The molecule has 5 heteroatoms. The van der Waals surface area contributed by atoms with Crippen molar-refractivity contribution in [2.24, 2.45) is 0 Å². The lowest BCUT2D eigenvalue weighted by molar-refractivity contribution is 0.0525. The summed E-state index contributed by atoms with van der Waals surface area (Å²) in [6.45, 7) is 1.21. The Bertz CT molecular complexity index is 451. The van der Waals surface area contributed by atoms with Crippen LogP contribution in [0, 0.1) is 17.1 Å². The second-order valence-corrected chi connectivity index (χ2v) is 2.97. The summed E-state index contributed by atoms with van der Waals surface area (Å²) in [5.41, 5.74) is -0.214. The summed E-state index contributed by atoms with van der Waals surface area (Å²) in [5, 5.41) is 17.6. The molecule has 0 bridgehead atoms. The highest BCUT2D eigenvalue weighted by atomic mass is 19.1. The van der Waals surface area contributed by atoms with Crippen molar-refractivity contribution in [2.75, 3.05) is 6.61 Å². The van der Waals surface area contributed by atoms with Gasteiger partial charge in [-0.1, -0.05) is 0 Å². The third kappa shape index (κ3) is 2.35. The van der Waals surface area contributed by atoms with Crippen molar-refractivity contribution in [1.82, 2.24) is 0 Å². The van der Waals surface area contributed by atoms with E-state index >= 15 is 0 Å². The van der Waals surface area contributed by atoms with Crippen LogP contribution < -0.4 is 0 Å². The van der Waals surface area contributed by atoms with Crippen LogP contribution in [0.1, 0.15) is 28.4 Å². The summed E-state index contributed by atoms with van der Waals surface area (Å²) >= 11 is 0. The molecule has 0 saturated heterocycles. The van der Waals surface area contributed by atoms with Crippen molar-refractivity contribution in [2.45, 2.75) is 13.5 Å². The minimum absolute atomic E-state index is 0.0342. The van der Waals surface area contributed by atoms with E-state index in [0.717, 1.165) is 6.07 Å². The average Bonchev–Trinajstić information content (AvgIpc) is 2.28. The summed E-state index contributed by atoms with van der Waals surface area (Å²) in [4.78, 5) is 11.3. The molecule has 0 atom stereocenters. The molecule has 0 saturated carbocycles. The Morgan fingerprint density at radius 2 is 2.31 bits per heavy atom. The van der Waals surface area contributed by atoms with E-state index in [0.29, 0.717) is 0 Å². The predicted molar refractivity (Wildman–Crippen MR) is 53.0 cm³/mol. The zero-order valence-corrected chi connectivity index (χ0v) is 8.66. The molecule has 0 amide bonds. The van der Waals surface area contributed by atoms with Gasteiger partial charge in [0.1, 0.15) is 5.82 Å². The van der Waals surface area contributed by atoms with Gasteiger partial charge in [-0.05, 0) is 19.1 Å². The molecule has 0 fully saturated rings. The van der Waals surface area contributed by atoms with Gasteiger partial charge in [0.15, 0.2) is 0 Å².